The Kier molecular flexibility index (Phi) is 6.42. The summed E-state index contributed by atoms with van der Waals surface area (Å²) in [7, 11) is 0. The number of piperazine rings is 1. The van der Waals surface area contributed by atoms with Crippen LogP contribution in [0.5, 0.6) is 0 Å². The highest BCUT2D eigenvalue weighted by atomic mass is 35.5. The van der Waals surface area contributed by atoms with Crippen molar-refractivity contribution < 1.29 is 14.3 Å². The van der Waals surface area contributed by atoms with Gasteiger partial charge >= 0.3 is 0 Å². The summed E-state index contributed by atoms with van der Waals surface area (Å²) < 4.78 is 16.3. The molecular weight excluding hydrogens is 459 g/mol. The highest BCUT2D eigenvalue weighted by Gasteiger charge is 2.35. The molecule has 3 aromatic rings. The lowest BCUT2D eigenvalue weighted by Gasteiger charge is -2.42. The number of anilines is 1. The molecule has 34 heavy (non-hydrogen) atoms. The fraction of sp³-hybridized carbons (Fsp3) is 0.458. The number of carbonyl (C=O) groups excluding carboxylic acids is 1. The fourth-order valence-corrected chi connectivity index (χ4v) is 5.17. The monoisotopic (exact) mass is 486 g/mol. The molecule has 3 heterocycles. The van der Waals surface area contributed by atoms with Gasteiger partial charge in [-0.1, -0.05) is 22.9 Å². The Hall–Kier alpha value is -2.75. The van der Waals surface area contributed by atoms with Gasteiger partial charge in [0.2, 0.25) is 5.91 Å². The number of aliphatic hydroxyl groups excluding tert-OH is 1. The van der Waals surface area contributed by atoms with Crippen LogP contribution in [0, 0.1) is 5.82 Å². The maximum absolute atomic E-state index is 14.5. The van der Waals surface area contributed by atoms with Crippen molar-refractivity contribution in [2.24, 2.45) is 0 Å². The Balaban J connectivity index is 1.39. The molecule has 2 aliphatic heterocycles. The van der Waals surface area contributed by atoms with Crippen molar-refractivity contribution in [1.29, 1.82) is 0 Å². The van der Waals surface area contributed by atoms with E-state index < -0.39 is 0 Å². The lowest BCUT2D eigenvalue weighted by atomic mass is 10.1. The van der Waals surface area contributed by atoms with Crippen LogP contribution in [-0.4, -0.2) is 75.8 Å². The zero-order chi connectivity index (χ0) is 23.8. The number of aliphatic hydroxyl groups is 1. The molecule has 2 aliphatic rings. The normalized spacial score (nSPS) is 21.9. The molecule has 1 amide bonds. The summed E-state index contributed by atoms with van der Waals surface area (Å²) in [6.07, 6.45) is 1.84. The molecule has 1 unspecified atom stereocenters. The molecule has 180 valence electrons. The molecule has 2 aromatic carbocycles. The molecule has 0 bridgehead atoms. The highest BCUT2D eigenvalue weighted by Crippen LogP contribution is 2.29. The average Bonchev–Trinajstić information content (AvgIpc) is 3.53. The van der Waals surface area contributed by atoms with Crippen LogP contribution >= 0.6 is 11.6 Å². The van der Waals surface area contributed by atoms with Gasteiger partial charge in [0.25, 0.3) is 0 Å². The van der Waals surface area contributed by atoms with Crippen molar-refractivity contribution in [3.8, 4) is 0 Å². The Morgan fingerprint density at radius 2 is 2.15 bits per heavy atom. The lowest BCUT2D eigenvalue weighted by Crippen LogP contribution is -2.59. The van der Waals surface area contributed by atoms with Crippen molar-refractivity contribution in [3.63, 3.8) is 0 Å². The average molecular weight is 487 g/mol. The van der Waals surface area contributed by atoms with Crippen LogP contribution in [0.1, 0.15) is 31.4 Å². The molecule has 0 aliphatic carbocycles. The van der Waals surface area contributed by atoms with Gasteiger partial charge in [0, 0.05) is 35.9 Å². The zero-order valence-corrected chi connectivity index (χ0v) is 19.7. The number of fused-ring (bicyclic) bond motifs is 1. The number of rotatable bonds is 5. The first kappa shape index (κ1) is 23.0. The quantitative estimate of drug-likeness (QED) is 0.576. The van der Waals surface area contributed by atoms with Crippen LogP contribution in [0.25, 0.3) is 11.0 Å². The number of nitrogens with one attached hydrogen (secondary N) is 1. The van der Waals surface area contributed by atoms with Crippen molar-refractivity contribution >= 4 is 34.2 Å². The molecule has 5 rings (SSSR count). The Labute approximate surface area is 202 Å². The second-order valence-corrected chi connectivity index (χ2v) is 9.45. The third-order valence-electron chi connectivity index (χ3n) is 6.93. The summed E-state index contributed by atoms with van der Waals surface area (Å²) in [6, 6.07) is 9.69. The van der Waals surface area contributed by atoms with Crippen molar-refractivity contribution in [1.82, 2.24) is 25.2 Å². The molecule has 1 aromatic heterocycles. The molecule has 0 radical (unpaired) electrons. The topological polar surface area (TPSA) is 86.5 Å². The van der Waals surface area contributed by atoms with Crippen molar-refractivity contribution in [2.45, 2.75) is 37.9 Å². The van der Waals surface area contributed by atoms with Gasteiger partial charge in [0.15, 0.2) is 0 Å². The number of nitrogens with zero attached hydrogens (tertiary/aromatic N) is 5. The maximum atomic E-state index is 14.5. The van der Waals surface area contributed by atoms with Crippen molar-refractivity contribution in [3.05, 3.63) is 52.8 Å². The number of benzene rings is 2. The van der Waals surface area contributed by atoms with E-state index in [-0.39, 0.29) is 36.5 Å². The Morgan fingerprint density at radius 1 is 1.29 bits per heavy atom. The standard InChI is InChI=1S/C24H28ClFN6O2/c1-15(19-6-4-16(25)11-20(19)26)32-23-12-17(5-7-21(23)28-29-32)30-9-10-31(18(13-30)14-33)24(34)22-3-2-8-27-22/h4-7,11-12,15,18,22,27,33H,2-3,8-10,13-14H2,1H3/t15-,18+,22?/m1/s1. The molecule has 2 saturated heterocycles. The van der Waals surface area contributed by atoms with Gasteiger partial charge in [-0.05, 0) is 56.6 Å². The molecule has 0 saturated carbocycles. The maximum Gasteiger partial charge on any atom is 0.240 e. The van der Waals surface area contributed by atoms with Gasteiger partial charge in [0.05, 0.1) is 30.2 Å². The number of halogens is 2. The second-order valence-electron chi connectivity index (χ2n) is 9.01. The minimum atomic E-state index is -0.386. The van der Waals surface area contributed by atoms with Crippen LogP contribution in [0.3, 0.4) is 0 Å². The molecular formula is C24H28ClFN6O2. The van der Waals surface area contributed by atoms with E-state index in [1.807, 2.05) is 30.0 Å². The van der Waals surface area contributed by atoms with E-state index in [2.05, 4.69) is 20.5 Å². The van der Waals surface area contributed by atoms with Gasteiger partial charge < -0.3 is 20.2 Å². The lowest BCUT2D eigenvalue weighted by molar-refractivity contribution is -0.136. The summed E-state index contributed by atoms with van der Waals surface area (Å²) in [5, 5.41) is 22.2. The van der Waals surface area contributed by atoms with E-state index >= 15 is 0 Å². The minimum absolute atomic E-state index is 0.0766. The van der Waals surface area contributed by atoms with Crippen LogP contribution in [0.4, 0.5) is 10.1 Å². The van der Waals surface area contributed by atoms with E-state index in [0.29, 0.717) is 35.7 Å². The summed E-state index contributed by atoms with van der Waals surface area (Å²) >= 11 is 5.91. The van der Waals surface area contributed by atoms with E-state index in [4.69, 9.17) is 11.6 Å². The van der Waals surface area contributed by atoms with Gasteiger partial charge in [0.1, 0.15) is 11.3 Å². The number of hydrogen-bond acceptors (Lipinski definition) is 6. The predicted octanol–water partition coefficient (Wildman–Crippen LogP) is 2.59. The number of carbonyl (C=O) groups is 1. The molecule has 2 N–H and O–H groups in total. The summed E-state index contributed by atoms with van der Waals surface area (Å²) in [5.41, 5.74) is 2.93. The smallest absolute Gasteiger partial charge is 0.240 e. The SMILES string of the molecule is C[C@H](c1ccc(Cl)cc1F)n1nnc2ccc(N3CCN(C(=O)C4CCCN4)[C@H](CO)C3)cc21. The van der Waals surface area contributed by atoms with Crippen LogP contribution < -0.4 is 10.2 Å². The predicted molar refractivity (Wildman–Crippen MR) is 129 cm³/mol. The van der Waals surface area contributed by atoms with E-state index in [0.717, 1.165) is 30.6 Å². The summed E-state index contributed by atoms with van der Waals surface area (Å²) in [5.74, 6) is -0.309. The van der Waals surface area contributed by atoms with Gasteiger partial charge in [-0.2, -0.15) is 0 Å². The minimum Gasteiger partial charge on any atom is -0.394 e. The first-order valence-corrected chi connectivity index (χ1v) is 12.0. The van der Waals surface area contributed by atoms with Crippen LogP contribution in [0.2, 0.25) is 5.02 Å². The summed E-state index contributed by atoms with van der Waals surface area (Å²) in [4.78, 5) is 16.9. The first-order valence-electron chi connectivity index (χ1n) is 11.7. The molecule has 2 fully saturated rings. The molecule has 10 heteroatoms. The molecule has 3 atom stereocenters. The largest absolute Gasteiger partial charge is 0.394 e. The van der Waals surface area contributed by atoms with Gasteiger partial charge in [-0.15, -0.1) is 5.10 Å². The summed E-state index contributed by atoms with van der Waals surface area (Å²) in [6.45, 7) is 4.37. The first-order chi connectivity index (χ1) is 16.5. The third kappa shape index (κ3) is 4.23. The Morgan fingerprint density at radius 3 is 2.88 bits per heavy atom. The van der Waals surface area contributed by atoms with Gasteiger partial charge in [-0.25, -0.2) is 9.07 Å². The Bertz CT molecular complexity index is 1200. The second kappa shape index (κ2) is 9.48. The number of aromatic nitrogens is 3. The van der Waals surface area contributed by atoms with Crippen molar-refractivity contribution in [2.75, 3.05) is 37.7 Å². The van der Waals surface area contributed by atoms with Crippen LogP contribution in [0.15, 0.2) is 36.4 Å². The van der Waals surface area contributed by atoms with Crippen LogP contribution in [-0.2, 0) is 4.79 Å². The van der Waals surface area contributed by atoms with E-state index in [9.17, 15) is 14.3 Å². The third-order valence-corrected chi connectivity index (χ3v) is 7.17. The molecule has 8 nitrogen and oxygen atoms in total. The highest BCUT2D eigenvalue weighted by molar-refractivity contribution is 6.30. The number of hydrogen-bond donors (Lipinski definition) is 2. The van der Waals surface area contributed by atoms with E-state index in [1.54, 1.807) is 16.8 Å². The van der Waals surface area contributed by atoms with E-state index in [1.165, 1.54) is 6.07 Å². The molecule has 0 spiro atoms. The number of amides is 1. The van der Waals surface area contributed by atoms with Gasteiger partial charge in [-0.3, -0.25) is 4.79 Å². The fourth-order valence-electron chi connectivity index (χ4n) is 5.01. The zero-order valence-electron chi connectivity index (χ0n) is 19.0.